The molecule has 2 aromatic rings. The molecule has 0 atom stereocenters. The topological polar surface area (TPSA) is 56.3 Å². The average molecular weight is 345 g/mol. The van der Waals surface area contributed by atoms with E-state index >= 15 is 0 Å². The maximum atomic E-state index is 11.1. The van der Waals surface area contributed by atoms with Gasteiger partial charge in [0.25, 0.3) is 0 Å². The Morgan fingerprint density at radius 3 is 2.71 bits per heavy atom. The van der Waals surface area contributed by atoms with E-state index in [4.69, 9.17) is 4.74 Å². The predicted molar refractivity (Wildman–Crippen MR) is 96.3 cm³/mol. The third-order valence-electron chi connectivity index (χ3n) is 4.41. The van der Waals surface area contributed by atoms with Crippen LogP contribution in [0.3, 0.4) is 0 Å². The van der Waals surface area contributed by atoms with Crippen LogP contribution in [-0.2, 0) is 22.7 Å². The summed E-state index contributed by atoms with van der Waals surface area (Å²) in [5.41, 5.74) is 6.27. The summed E-state index contributed by atoms with van der Waals surface area (Å²) in [6, 6.07) is 10.4. The quantitative estimate of drug-likeness (QED) is 0.753. The van der Waals surface area contributed by atoms with Crippen LogP contribution in [0.1, 0.15) is 29.7 Å². The lowest BCUT2D eigenvalue weighted by Gasteiger charge is -2.12. The molecule has 0 unspecified atom stereocenters. The summed E-state index contributed by atoms with van der Waals surface area (Å²) in [6.45, 7) is 2.35. The molecule has 0 N–H and O–H groups in total. The molecule has 0 fully saturated rings. The van der Waals surface area contributed by atoms with Crippen molar-refractivity contribution in [3.8, 4) is 17.0 Å². The van der Waals surface area contributed by atoms with Gasteiger partial charge in [-0.25, -0.2) is 13.4 Å². The van der Waals surface area contributed by atoms with Crippen molar-refractivity contribution in [3.05, 3.63) is 47.2 Å². The highest BCUT2D eigenvalue weighted by Crippen LogP contribution is 2.34. The molecule has 3 rings (SSSR count). The van der Waals surface area contributed by atoms with Crippen LogP contribution in [-0.4, -0.2) is 32.0 Å². The molecular weight excluding hydrogens is 322 g/mol. The van der Waals surface area contributed by atoms with Gasteiger partial charge >= 0.3 is 0 Å². The molecule has 4 nitrogen and oxygen atoms in total. The highest BCUT2D eigenvalue weighted by atomic mass is 32.2. The summed E-state index contributed by atoms with van der Waals surface area (Å²) in [7, 11) is -2.94. The van der Waals surface area contributed by atoms with Gasteiger partial charge in [0.15, 0.2) is 0 Å². The minimum absolute atomic E-state index is 0.139. The van der Waals surface area contributed by atoms with E-state index in [-0.39, 0.29) is 5.75 Å². The zero-order valence-corrected chi connectivity index (χ0v) is 15.0. The number of rotatable bonds is 6. The number of aryl methyl sites for hydroxylation is 2. The average Bonchev–Trinajstić information content (AvgIpc) is 2.99. The fraction of sp³-hybridized carbons (Fsp3) is 0.421. The smallest absolute Gasteiger partial charge is 0.213 e. The third-order valence-corrected chi connectivity index (χ3v) is 5.44. The zero-order chi connectivity index (χ0) is 17.2. The molecule has 0 aliphatic heterocycles. The maximum Gasteiger partial charge on any atom is 0.213 e. The molecule has 1 aromatic heterocycles. The van der Waals surface area contributed by atoms with Crippen molar-refractivity contribution in [1.82, 2.24) is 4.98 Å². The maximum absolute atomic E-state index is 11.1. The number of fused-ring (bicyclic) bond motifs is 1. The first-order chi connectivity index (χ1) is 11.4. The Balaban J connectivity index is 1.73. The van der Waals surface area contributed by atoms with Crippen LogP contribution in [0.5, 0.6) is 5.88 Å². The number of hydrogen-bond donors (Lipinski definition) is 0. The van der Waals surface area contributed by atoms with Gasteiger partial charge in [-0.3, -0.25) is 0 Å². The molecule has 0 bridgehead atoms. The SMILES string of the molecule is Cc1nc(OCCCS(C)(=O)=O)ccc1-c1cccc2c1CCC2. The second-order valence-electron chi connectivity index (χ2n) is 6.41. The monoisotopic (exact) mass is 345 g/mol. The van der Waals surface area contributed by atoms with Gasteiger partial charge in [0, 0.05) is 23.6 Å². The lowest BCUT2D eigenvalue weighted by Crippen LogP contribution is -2.08. The normalized spacial score (nSPS) is 13.8. The summed E-state index contributed by atoms with van der Waals surface area (Å²) in [5, 5.41) is 0. The van der Waals surface area contributed by atoms with Crippen molar-refractivity contribution in [3.63, 3.8) is 0 Å². The van der Waals surface area contributed by atoms with Crippen LogP contribution in [0, 0.1) is 6.92 Å². The molecule has 1 aromatic carbocycles. The van der Waals surface area contributed by atoms with Crippen molar-refractivity contribution in [2.24, 2.45) is 0 Å². The number of ether oxygens (including phenoxy) is 1. The van der Waals surface area contributed by atoms with Gasteiger partial charge < -0.3 is 4.74 Å². The minimum atomic E-state index is -2.94. The van der Waals surface area contributed by atoms with Gasteiger partial charge in [-0.15, -0.1) is 0 Å². The van der Waals surface area contributed by atoms with Crippen LogP contribution in [0.25, 0.3) is 11.1 Å². The molecule has 1 aliphatic carbocycles. The van der Waals surface area contributed by atoms with Gasteiger partial charge in [0.05, 0.1) is 12.4 Å². The van der Waals surface area contributed by atoms with Crippen LogP contribution in [0.15, 0.2) is 30.3 Å². The van der Waals surface area contributed by atoms with Crippen molar-refractivity contribution in [2.75, 3.05) is 18.6 Å². The number of benzene rings is 1. The van der Waals surface area contributed by atoms with Crippen LogP contribution < -0.4 is 4.74 Å². The molecule has 0 radical (unpaired) electrons. The van der Waals surface area contributed by atoms with Crippen LogP contribution in [0.4, 0.5) is 0 Å². The van der Waals surface area contributed by atoms with E-state index in [9.17, 15) is 8.42 Å². The van der Waals surface area contributed by atoms with E-state index in [2.05, 4.69) is 29.2 Å². The van der Waals surface area contributed by atoms with E-state index in [0.29, 0.717) is 18.9 Å². The Bertz CT molecular complexity index is 844. The zero-order valence-electron chi connectivity index (χ0n) is 14.2. The number of aromatic nitrogens is 1. The van der Waals surface area contributed by atoms with Gasteiger partial charge in [-0.1, -0.05) is 18.2 Å². The molecule has 0 amide bonds. The molecule has 24 heavy (non-hydrogen) atoms. The third kappa shape index (κ3) is 3.96. The lowest BCUT2D eigenvalue weighted by atomic mass is 9.96. The second-order valence-corrected chi connectivity index (χ2v) is 8.67. The first-order valence-electron chi connectivity index (χ1n) is 8.33. The minimum Gasteiger partial charge on any atom is -0.478 e. The fourth-order valence-corrected chi connectivity index (χ4v) is 3.92. The van der Waals surface area contributed by atoms with Gasteiger partial charge in [-0.05, 0) is 55.4 Å². The molecule has 1 aliphatic rings. The number of nitrogens with zero attached hydrogens (tertiary/aromatic N) is 1. The molecule has 5 heteroatoms. The number of pyridine rings is 1. The van der Waals surface area contributed by atoms with Crippen LogP contribution >= 0.6 is 0 Å². The molecule has 0 saturated heterocycles. The van der Waals surface area contributed by atoms with E-state index < -0.39 is 9.84 Å². The van der Waals surface area contributed by atoms with E-state index in [1.807, 2.05) is 13.0 Å². The Hall–Kier alpha value is -1.88. The van der Waals surface area contributed by atoms with Gasteiger partial charge in [-0.2, -0.15) is 0 Å². The molecular formula is C19H23NO3S. The fourth-order valence-electron chi connectivity index (χ4n) is 3.27. The van der Waals surface area contributed by atoms with Crippen molar-refractivity contribution in [2.45, 2.75) is 32.6 Å². The largest absolute Gasteiger partial charge is 0.478 e. The summed E-state index contributed by atoms with van der Waals surface area (Å²) in [5.74, 6) is 0.692. The Labute approximate surface area is 143 Å². The summed E-state index contributed by atoms with van der Waals surface area (Å²) in [4.78, 5) is 4.54. The summed E-state index contributed by atoms with van der Waals surface area (Å²) < 4.78 is 27.8. The summed E-state index contributed by atoms with van der Waals surface area (Å²) in [6.07, 6.45) is 5.24. The second kappa shape index (κ2) is 6.93. The van der Waals surface area contributed by atoms with Crippen molar-refractivity contribution in [1.29, 1.82) is 0 Å². The summed E-state index contributed by atoms with van der Waals surface area (Å²) >= 11 is 0. The molecule has 128 valence electrons. The highest BCUT2D eigenvalue weighted by Gasteiger charge is 2.17. The Morgan fingerprint density at radius 1 is 1.12 bits per heavy atom. The Morgan fingerprint density at radius 2 is 1.96 bits per heavy atom. The standard InChI is InChI=1S/C19H23NO3S/c1-14-16(18-9-4-7-15-6-3-8-17(15)18)10-11-19(20-14)23-12-5-13-24(2,21)22/h4,7,9-11H,3,5-6,8,12-13H2,1-2H3. The molecule has 1 heterocycles. The van der Waals surface area contributed by atoms with E-state index in [0.717, 1.165) is 24.1 Å². The van der Waals surface area contributed by atoms with E-state index in [1.54, 1.807) is 0 Å². The first kappa shape index (κ1) is 17.0. The van der Waals surface area contributed by atoms with Crippen LogP contribution in [0.2, 0.25) is 0 Å². The van der Waals surface area contributed by atoms with Crippen molar-refractivity contribution < 1.29 is 13.2 Å². The first-order valence-corrected chi connectivity index (χ1v) is 10.4. The highest BCUT2D eigenvalue weighted by molar-refractivity contribution is 7.90. The van der Waals surface area contributed by atoms with Gasteiger partial charge in [0.2, 0.25) is 5.88 Å². The van der Waals surface area contributed by atoms with E-state index in [1.165, 1.54) is 29.4 Å². The molecule has 0 spiro atoms. The number of hydrogen-bond acceptors (Lipinski definition) is 4. The van der Waals surface area contributed by atoms with Crippen molar-refractivity contribution >= 4 is 9.84 Å². The number of sulfone groups is 1. The van der Waals surface area contributed by atoms with Gasteiger partial charge in [0.1, 0.15) is 9.84 Å². The Kier molecular flexibility index (Phi) is 4.90. The molecule has 0 saturated carbocycles. The lowest BCUT2D eigenvalue weighted by molar-refractivity contribution is 0.305. The predicted octanol–water partition coefficient (Wildman–Crippen LogP) is 3.36.